The molecule has 0 bridgehead atoms. The van der Waals surface area contributed by atoms with Crippen LogP contribution in [0.5, 0.6) is 0 Å². The smallest absolute Gasteiger partial charge is 0.161 e. The highest BCUT2D eigenvalue weighted by atomic mass is 32.2. The van der Waals surface area contributed by atoms with E-state index < -0.39 is 47.3 Å². The lowest BCUT2D eigenvalue weighted by atomic mass is 10.0. The Labute approximate surface area is 125 Å². The number of ether oxygens (including phenoxy) is 1. The molecule has 7 heteroatoms. The van der Waals surface area contributed by atoms with Crippen LogP contribution < -0.4 is 0 Å². The molecule has 0 radical (unpaired) electrons. The van der Waals surface area contributed by atoms with Gasteiger partial charge < -0.3 is 25.2 Å². The first-order chi connectivity index (χ1) is 10.0. The molecule has 1 aromatic rings. The predicted octanol–water partition coefficient (Wildman–Crippen LogP) is -1.22. The van der Waals surface area contributed by atoms with E-state index in [1.807, 2.05) is 30.3 Å². The van der Waals surface area contributed by atoms with Gasteiger partial charge in [-0.1, -0.05) is 30.3 Å². The SMILES string of the molecule is O=[S@](CCc1ccccc1)[C@H]1O[C@H](CO)[C@@H](O)[C@H](O)[C@@H]1O. The highest BCUT2D eigenvalue weighted by Crippen LogP contribution is 2.23. The fraction of sp³-hybridized carbons (Fsp3) is 0.571. The number of hydrogen-bond donors (Lipinski definition) is 4. The summed E-state index contributed by atoms with van der Waals surface area (Å²) in [6.07, 6.45) is -4.83. The third kappa shape index (κ3) is 3.88. The summed E-state index contributed by atoms with van der Waals surface area (Å²) in [4.78, 5) is 0. The molecule has 1 heterocycles. The van der Waals surface area contributed by atoms with Crippen molar-refractivity contribution in [2.24, 2.45) is 0 Å². The van der Waals surface area contributed by atoms with Crippen molar-refractivity contribution in [2.45, 2.75) is 36.3 Å². The van der Waals surface area contributed by atoms with Gasteiger partial charge in [0.15, 0.2) is 5.44 Å². The number of aryl methyl sites for hydroxylation is 1. The van der Waals surface area contributed by atoms with E-state index >= 15 is 0 Å². The first kappa shape index (κ1) is 16.5. The summed E-state index contributed by atoms with van der Waals surface area (Å²) in [6.45, 7) is -0.517. The van der Waals surface area contributed by atoms with Crippen molar-refractivity contribution in [2.75, 3.05) is 12.4 Å². The van der Waals surface area contributed by atoms with Crippen LogP contribution in [0.2, 0.25) is 0 Å². The zero-order valence-corrected chi connectivity index (χ0v) is 12.2. The third-order valence-corrected chi connectivity index (χ3v) is 5.06. The maximum Gasteiger partial charge on any atom is 0.161 e. The van der Waals surface area contributed by atoms with Gasteiger partial charge in [-0.15, -0.1) is 0 Å². The average molecular weight is 316 g/mol. The molecule has 2 rings (SSSR count). The minimum Gasteiger partial charge on any atom is -0.394 e. The van der Waals surface area contributed by atoms with Crippen LogP contribution >= 0.6 is 0 Å². The van der Waals surface area contributed by atoms with Crippen molar-refractivity contribution in [3.8, 4) is 0 Å². The van der Waals surface area contributed by atoms with Crippen molar-refractivity contribution >= 4 is 10.8 Å². The molecule has 21 heavy (non-hydrogen) atoms. The molecular formula is C14H20O6S. The summed E-state index contributed by atoms with van der Waals surface area (Å²) in [6, 6.07) is 9.46. The van der Waals surface area contributed by atoms with E-state index in [4.69, 9.17) is 9.84 Å². The molecule has 1 fully saturated rings. The Bertz CT molecular complexity index is 466. The van der Waals surface area contributed by atoms with Crippen LogP contribution in [0.15, 0.2) is 30.3 Å². The summed E-state index contributed by atoms with van der Waals surface area (Å²) >= 11 is 0. The van der Waals surface area contributed by atoms with E-state index in [-0.39, 0.29) is 5.75 Å². The molecule has 1 aliphatic rings. The minimum atomic E-state index is -1.55. The summed E-state index contributed by atoms with van der Waals surface area (Å²) in [5.74, 6) is 0.257. The zero-order valence-electron chi connectivity index (χ0n) is 11.4. The fourth-order valence-corrected chi connectivity index (χ4v) is 3.67. The first-order valence-electron chi connectivity index (χ1n) is 6.76. The number of aliphatic hydroxyl groups is 4. The Morgan fingerprint density at radius 2 is 1.71 bits per heavy atom. The molecular weight excluding hydrogens is 296 g/mol. The van der Waals surface area contributed by atoms with Crippen LogP contribution in [0, 0.1) is 0 Å². The fourth-order valence-electron chi connectivity index (χ4n) is 2.26. The van der Waals surface area contributed by atoms with Gasteiger partial charge in [0, 0.05) is 5.75 Å². The van der Waals surface area contributed by atoms with Crippen molar-refractivity contribution in [1.82, 2.24) is 0 Å². The van der Waals surface area contributed by atoms with Gasteiger partial charge in [-0.2, -0.15) is 0 Å². The molecule has 0 amide bonds. The Balaban J connectivity index is 1.97. The van der Waals surface area contributed by atoms with Gasteiger partial charge in [0.05, 0.1) is 17.4 Å². The predicted molar refractivity (Wildman–Crippen MR) is 76.9 cm³/mol. The van der Waals surface area contributed by atoms with E-state index in [0.29, 0.717) is 6.42 Å². The lowest BCUT2D eigenvalue weighted by Gasteiger charge is -2.39. The molecule has 1 aliphatic heterocycles. The van der Waals surface area contributed by atoms with Crippen LogP contribution in [0.4, 0.5) is 0 Å². The highest BCUT2D eigenvalue weighted by molar-refractivity contribution is 7.85. The van der Waals surface area contributed by atoms with Crippen molar-refractivity contribution < 1.29 is 29.4 Å². The number of aliphatic hydroxyl groups excluding tert-OH is 4. The van der Waals surface area contributed by atoms with Crippen LogP contribution in [-0.4, -0.2) is 66.8 Å². The molecule has 0 spiro atoms. The summed E-state index contributed by atoms with van der Waals surface area (Å²) in [5.41, 5.74) is -0.111. The summed E-state index contributed by atoms with van der Waals surface area (Å²) in [5, 5.41) is 38.3. The van der Waals surface area contributed by atoms with E-state index in [9.17, 15) is 19.5 Å². The number of rotatable bonds is 5. The maximum absolute atomic E-state index is 12.2. The van der Waals surface area contributed by atoms with Crippen LogP contribution in [0.3, 0.4) is 0 Å². The second kappa shape index (κ2) is 7.44. The van der Waals surface area contributed by atoms with Crippen molar-refractivity contribution in [1.29, 1.82) is 0 Å². The number of hydrogen-bond acceptors (Lipinski definition) is 6. The van der Waals surface area contributed by atoms with Gasteiger partial charge >= 0.3 is 0 Å². The van der Waals surface area contributed by atoms with Gasteiger partial charge in [-0.3, -0.25) is 4.21 Å². The molecule has 4 N–H and O–H groups in total. The monoisotopic (exact) mass is 316 g/mol. The minimum absolute atomic E-state index is 0.257. The molecule has 1 saturated heterocycles. The summed E-state index contributed by atoms with van der Waals surface area (Å²) in [7, 11) is -1.55. The van der Waals surface area contributed by atoms with Crippen LogP contribution in [0.25, 0.3) is 0 Å². The van der Waals surface area contributed by atoms with E-state index in [2.05, 4.69) is 0 Å². The average Bonchev–Trinajstić information content (AvgIpc) is 2.52. The largest absolute Gasteiger partial charge is 0.394 e. The Morgan fingerprint density at radius 3 is 2.33 bits per heavy atom. The van der Waals surface area contributed by atoms with Crippen LogP contribution in [-0.2, 0) is 22.0 Å². The lowest BCUT2D eigenvalue weighted by molar-refractivity contribution is -0.206. The second-order valence-electron chi connectivity index (χ2n) is 5.02. The molecule has 1 aromatic carbocycles. The van der Waals surface area contributed by atoms with Gasteiger partial charge in [-0.05, 0) is 12.0 Å². The molecule has 0 saturated carbocycles. The highest BCUT2D eigenvalue weighted by Gasteiger charge is 2.45. The quantitative estimate of drug-likeness (QED) is 0.542. The standard InChI is InChI=1S/C14H20O6S/c15-8-10-11(16)12(17)13(18)14(20-10)21(19)7-6-9-4-2-1-3-5-9/h1-5,10-18H,6-8H2/t10-,11-,12+,13+,14-,21-/m1/s1. The first-order valence-corrected chi connectivity index (χ1v) is 8.14. The maximum atomic E-state index is 12.2. The lowest BCUT2D eigenvalue weighted by Crippen LogP contribution is -2.59. The Hall–Kier alpha value is -0.830. The van der Waals surface area contributed by atoms with E-state index in [0.717, 1.165) is 5.56 Å². The zero-order chi connectivity index (χ0) is 15.4. The van der Waals surface area contributed by atoms with Gasteiger partial charge in [0.25, 0.3) is 0 Å². The van der Waals surface area contributed by atoms with Gasteiger partial charge in [0.1, 0.15) is 24.4 Å². The molecule has 6 atom stereocenters. The normalized spacial score (nSPS) is 34.6. The molecule has 6 nitrogen and oxygen atoms in total. The molecule has 0 aliphatic carbocycles. The van der Waals surface area contributed by atoms with Crippen molar-refractivity contribution in [3.05, 3.63) is 35.9 Å². The third-order valence-electron chi connectivity index (χ3n) is 3.54. The Kier molecular flexibility index (Phi) is 5.86. The van der Waals surface area contributed by atoms with Gasteiger partial charge in [-0.25, -0.2) is 0 Å². The molecule has 118 valence electrons. The van der Waals surface area contributed by atoms with E-state index in [1.54, 1.807) is 0 Å². The van der Waals surface area contributed by atoms with E-state index in [1.165, 1.54) is 0 Å². The van der Waals surface area contributed by atoms with Crippen LogP contribution in [0.1, 0.15) is 5.56 Å². The number of benzene rings is 1. The molecule has 0 aromatic heterocycles. The molecule has 0 unspecified atom stereocenters. The second-order valence-corrected chi connectivity index (χ2v) is 6.65. The summed E-state index contributed by atoms with van der Waals surface area (Å²) < 4.78 is 17.5. The van der Waals surface area contributed by atoms with Gasteiger partial charge in [0.2, 0.25) is 0 Å². The topological polar surface area (TPSA) is 107 Å². The Morgan fingerprint density at radius 1 is 1.05 bits per heavy atom. The van der Waals surface area contributed by atoms with Crippen molar-refractivity contribution in [3.63, 3.8) is 0 Å².